The second-order valence-electron chi connectivity index (χ2n) is 4.95. The first kappa shape index (κ1) is 10.6. The van der Waals surface area contributed by atoms with Crippen LogP contribution in [0.1, 0.15) is 44.8 Å². The average Bonchev–Trinajstić information content (AvgIpc) is 2.74. The van der Waals surface area contributed by atoms with Crippen molar-refractivity contribution in [1.82, 2.24) is 15.4 Å². The fraction of sp³-hybridized carbons (Fsp3) is 0.818. The summed E-state index contributed by atoms with van der Waals surface area (Å²) in [5.41, 5.74) is 7.10. The molecule has 4 unspecified atom stereocenters. The maximum atomic E-state index is 6.20. The number of rotatable bonds is 2. The maximum absolute atomic E-state index is 6.20. The van der Waals surface area contributed by atoms with E-state index in [2.05, 4.69) is 29.3 Å². The Morgan fingerprint density at radius 1 is 1.40 bits per heavy atom. The van der Waals surface area contributed by atoms with Crippen molar-refractivity contribution >= 4 is 0 Å². The van der Waals surface area contributed by atoms with Gasteiger partial charge in [0, 0.05) is 0 Å². The average molecular weight is 208 g/mol. The molecule has 0 amide bonds. The molecule has 1 fully saturated rings. The Kier molecular flexibility index (Phi) is 3.05. The van der Waals surface area contributed by atoms with Gasteiger partial charge in [0.05, 0.1) is 17.9 Å². The molecule has 0 spiro atoms. The van der Waals surface area contributed by atoms with Crippen LogP contribution in [0.3, 0.4) is 0 Å². The highest BCUT2D eigenvalue weighted by molar-refractivity contribution is 5.01. The van der Waals surface area contributed by atoms with Gasteiger partial charge in [0.15, 0.2) is 0 Å². The van der Waals surface area contributed by atoms with Gasteiger partial charge in [-0.05, 0) is 30.6 Å². The van der Waals surface area contributed by atoms with Gasteiger partial charge in [0.2, 0.25) is 0 Å². The van der Waals surface area contributed by atoms with Crippen LogP contribution < -0.4 is 5.73 Å². The summed E-state index contributed by atoms with van der Waals surface area (Å²) < 4.78 is 0. The van der Waals surface area contributed by atoms with E-state index in [1.54, 1.807) is 6.20 Å². The van der Waals surface area contributed by atoms with Gasteiger partial charge in [0.1, 0.15) is 0 Å². The van der Waals surface area contributed by atoms with Crippen LogP contribution in [0, 0.1) is 17.8 Å². The molecule has 4 heteroatoms. The molecule has 4 nitrogen and oxygen atoms in total. The van der Waals surface area contributed by atoms with Crippen molar-refractivity contribution < 1.29 is 0 Å². The summed E-state index contributed by atoms with van der Waals surface area (Å²) in [5, 5.41) is 10.5. The van der Waals surface area contributed by atoms with Gasteiger partial charge >= 0.3 is 0 Å². The van der Waals surface area contributed by atoms with E-state index in [-0.39, 0.29) is 6.04 Å². The third kappa shape index (κ3) is 2.20. The first-order valence-electron chi connectivity index (χ1n) is 5.79. The Morgan fingerprint density at radius 3 is 2.80 bits per heavy atom. The Bertz CT molecular complexity index is 296. The summed E-state index contributed by atoms with van der Waals surface area (Å²) in [5.74, 6) is 2.19. The summed E-state index contributed by atoms with van der Waals surface area (Å²) in [6, 6.07) is 0.0544. The predicted molar refractivity (Wildman–Crippen MR) is 59.0 cm³/mol. The van der Waals surface area contributed by atoms with E-state index >= 15 is 0 Å². The van der Waals surface area contributed by atoms with Crippen molar-refractivity contribution in [3.05, 3.63) is 11.9 Å². The third-order valence-corrected chi connectivity index (χ3v) is 3.92. The van der Waals surface area contributed by atoms with E-state index in [0.717, 1.165) is 17.5 Å². The topological polar surface area (TPSA) is 67.6 Å². The van der Waals surface area contributed by atoms with Crippen LogP contribution in [0.2, 0.25) is 0 Å². The highest BCUT2D eigenvalue weighted by atomic mass is 15.3. The SMILES string of the molecule is CC1CCC(C(N)c2cn[nH]n2)CC1C. The summed E-state index contributed by atoms with van der Waals surface area (Å²) in [4.78, 5) is 0. The van der Waals surface area contributed by atoms with E-state index in [1.807, 2.05) is 0 Å². The maximum Gasteiger partial charge on any atom is 0.0994 e. The molecular formula is C11H20N4. The number of nitrogens with one attached hydrogen (secondary N) is 1. The van der Waals surface area contributed by atoms with Crippen LogP contribution >= 0.6 is 0 Å². The Morgan fingerprint density at radius 2 is 2.20 bits per heavy atom. The summed E-state index contributed by atoms with van der Waals surface area (Å²) in [6.45, 7) is 4.66. The number of hydrogen-bond acceptors (Lipinski definition) is 3. The number of aromatic amines is 1. The zero-order valence-electron chi connectivity index (χ0n) is 9.48. The summed E-state index contributed by atoms with van der Waals surface area (Å²) >= 11 is 0. The summed E-state index contributed by atoms with van der Waals surface area (Å²) in [6.07, 6.45) is 5.47. The number of hydrogen-bond donors (Lipinski definition) is 2. The van der Waals surface area contributed by atoms with Gasteiger partial charge < -0.3 is 5.73 Å². The van der Waals surface area contributed by atoms with Gasteiger partial charge in [0.25, 0.3) is 0 Å². The normalized spacial score (nSPS) is 33.9. The molecule has 4 atom stereocenters. The molecule has 2 rings (SSSR count). The Balaban J connectivity index is 2.00. The highest BCUT2D eigenvalue weighted by Gasteiger charge is 2.29. The van der Waals surface area contributed by atoms with Crippen LogP contribution in [0.4, 0.5) is 0 Å². The van der Waals surface area contributed by atoms with Crippen molar-refractivity contribution in [2.24, 2.45) is 23.5 Å². The van der Waals surface area contributed by atoms with Gasteiger partial charge in [-0.15, -0.1) is 0 Å². The van der Waals surface area contributed by atoms with E-state index in [4.69, 9.17) is 5.73 Å². The van der Waals surface area contributed by atoms with Crippen molar-refractivity contribution in [3.8, 4) is 0 Å². The molecule has 0 bridgehead atoms. The first-order chi connectivity index (χ1) is 7.18. The minimum atomic E-state index is 0.0544. The predicted octanol–water partition coefficient (Wildman–Crippen LogP) is 1.88. The molecule has 1 aromatic rings. The third-order valence-electron chi connectivity index (χ3n) is 3.92. The van der Waals surface area contributed by atoms with Crippen LogP contribution in [0.25, 0.3) is 0 Å². The minimum Gasteiger partial charge on any atom is -0.322 e. The molecule has 0 aromatic carbocycles. The number of nitrogens with two attached hydrogens (primary N) is 1. The molecule has 1 saturated carbocycles. The van der Waals surface area contributed by atoms with E-state index in [9.17, 15) is 0 Å². The fourth-order valence-corrected chi connectivity index (χ4v) is 2.53. The lowest BCUT2D eigenvalue weighted by atomic mass is 9.73. The molecule has 1 aromatic heterocycles. The first-order valence-corrected chi connectivity index (χ1v) is 5.79. The molecule has 1 aliphatic carbocycles. The van der Waals surface area contributed by atoms with Gasteiger partial charge in [-0.1, -0.05) is 20.3 Å². The Hall–Kier alpha value is -0.900. The van der Waals surface area contributed by atoms with Crippen molar-refractivity contribution in [2.45, 2.75) is 39.2 Å². The van der Waals surface area contributed by atoms with Crippen molar-refractivity contribution in [2.75, 3.05) is 0 Å². The zero-order chi connectivity index (χ0) is 10.8. The van der Waals surface area contributed by atoms with Crippen LogP contribution in [0.15, 0.2) is 6.20 Å². The van der Waals surface area contributed by atoms with Crippen molar-refractivity contribution in [1.29, 1.82) is 0 Å². The van der Waals surface area contributed by atoms with E-state index < -0.39 is 0 Å². The standard InChI is InChI=1S/C11H20N4/c1-7-3-4-9(5-8(7)2)11(12)10-6-13-15-14-10/h6-9,11H,3-5,12H2,1-2H3,(H,13,14,15). The fourth-order valence-electron chi connectivity index (χ4n) is 2.53. The molecule has 0 radical (unpaired) electrons. The van der Waals surface area contributed by atoms with Gasteiger partial charge in [-0.3, -0.25) is 0 Å². The second-order valence-corrected chi connectivity index (χ2v) is 4.95. The number of aromatic nitrogens is 3. The van der Waals surface area contributed by atoms with Crippen LogP contribution in [-0.4, -0.2) is 15.4 Å². The number of H-pyrrole nitrogens is 1. The zero-order valence-corrected chi connectivity index (χ0v) is 9.48. The van der Waals surface area contributed by atoms with Crippen LogP contribution in [0.5, 0.6) is 0 Å². The molecular weight excluding hydrogens is 188 g/mol. The van der Waals surface area contributed by atoms with Crippen LogP contribution in [-0.2, 0) is 0 Å². The minimum absolute atomic E-state index is 0.0544. The quantitative estimate of drug-likeness (QED) is 0.779. The second kappa shape index (κ2) is 4.31. The lowest BCUT2D eigenvalue weighted by Crippen LogP contribution is -2.29. The largest absolute Gasteiger partial charge is 0.322 e. The molecule has 84 valence electrons. The molecule has 0 aliphatic heterocycles. The van der Waals surface area contributed by atoms with E-state index in [1.165, 1.54) is 19.3 Å². The molecule has 15 heavy (non-hydrogen) atoms. The molecule has 3 N–H and O–H groups in total. The van der Waals surface area contributed by atoms with Gasteiger partial charge in [-0.2, -0.15) is 15.4 Å². The Labute approximate surface area is 90.6 Å². The number of nitrogens with zero attached hydrogens (tertiary/aromatic N) is 2. The van der Waals surface area contributed by atoms with Crippen molar-refractivity contribution in [3.63, 3.8) is 0 Å². The molecule has 0 saturated heterocycles. The smallest absolute Gasteiger partial charge is 0.0994 e. The monoisotopic (exact) mass is 208 g/mol. The van der Waals surface area contributed by atoms with E-state index in [0.29, 0.717) is 5.92 Å². The lowest BCUT2D eigenvalue weighted by molar-refractivity contribution is 0.184. The highest BCUT2D eigenvalue weighted by Crippen LogP contribution is 2.38. The summed E-state index contributed by atoms with van der Waals surface area (Å²) in [7, 11) is 0. The molecule has 1 heterocycles. The van der Waals surface area contributed by atoms with Gasteiger partial charge in [-0.25, -0.2) is 0 Å². The lowest BCUT2D eigenvalue weighted by Gasteiger charge is -2.34. The molecule has 1 aliphatic rings.